The molecule has 0 amide bonds. The average Bonchev–Trinajstić information content (AvgIpc) is 2.18. The summed E-state index contributed by atoms with van der Waals surface area (Å²) in [6.07, 6.45) is 1.60. The van der Waals surface area contributed by atoms with Gasteiger partial charge in [-0.25, -0.2) is 0 Å². The molecule has 0 heterocycles. The van der Waals surface area contributed by atoms with E-state index in [9.17, 15) is 8.78 Å². The van der Waals surface area contributed by atoms with E-state index in [-0.39, 0.29) is 10.8 Å². The molecule has 84 valence electrons. The summed E-state index contributed by atoms with van der Waals surface area (Å²) in [6.45, 7) is -2.85. The maximum absolute atomic E-state index is 11.9. The molecular weight excluding hydrogens is 245 g/mol. The Morgan fingerprint density at radius 1 is 1.33 bits per heavy atom. The van der Waals surface area contributed by atoms with Crippen molar-refractivity contribution < 1.29 is 13.5 Å². The second-order valence-electron chi connectivity index (χ2n) is 2.94. The van der Waals surface area contributed by atoms with Gasteiger partial charge in [0, 0.05) is 5.88 Å². The van der Waals surface area contributed by atoms with Gasteiger partial charge in [-0.2, -0.15) is 8.78 Å². The molecule has 0 aliphatic rings. The second kappa shape index (κ2) is 6.13. The van der Waals surface area contributed by atoms with Crippen molar-refractivity contribution in [2.24, 2.45) is 0 Å². The zero-order valence-electron chi connectivity index (χ0n) is 7.85. The number of rotatable bonds is 5. The zero-order valence-corrected chi connectivity index (χ0v) is 9.36. The number of hydrogen-bond donors (Lipinski definition) is 0. The number of ether oxygens (including phenoxy) is 1. The molecule has 0 atom stereocenters. The maximum Gasteiger partial charge on any atom is 0.387 e. The second-order valence-corrected chi connectivity index (χ2v) is 3.72. The van der Waals surface area contributed by atoms with Crippen LogP contribution in [0.1, 0.15) is 12.0 Å². The van der Waals surface area contributed by atoms with Crippen LogP contribution in [0.3, 0.4) is 0 Å². The van der Waals surface area contributed by atoms with E-state index in [2.05, 4.69) is 4.74 Å². The van der Waals surface area contributed by atoms with Crippen molar-refractivity contribution in [3.63, 3.8) is 0 Å². The highest BCUT2D eigenvalue weighted by Gasteiger charge is 2.08. The minimum Gasteiger partial charge on any atom is -0.433 e. The van der Waals surface area contributed by atoms with Gasteiger partial charge in [0.25, 0.3) is 0 Å². The lowest BCUT2D eigenvalue weighted by molar-refractivity contribution is -0.0497. The molecule has 0 saturated heterocycles. The molecule has 0 spiro atoms. The first-order valence-electron chi connectivity index (χ1n) is 4.42. The zero-order chi connectivity index (χ0) is 11.3. The molecule has 0 fully saturated rings. The molecular formula is C10H10Cl2F2O. The highest BCUT2D eigenvalue weighted by Crippen LogP contribution is 2.27. The molecule has 0 N–H and O–H groups in total. The van der Waals surface area contributed by atoms with Gasteiger partial charge in [-0.3, -0.25) is 0 Å². The molecule has 5 heteroatoms. The summed E-state index contributed by atoms with van der Waals surface area (Å²) >= 11 is 11.3. The fourth-order valence-electron chi connectivity index (χ4n) is 1.16. The molecule has 15 heavy (non-hydrogen) atoms. The van der Waals surface area contributed by atoms with Gasteiger partial charge in [0.2, 0.25) is 0 Å². The van der Waals surface area contributed by atoms with Gasteiger partial charge < -0.3 is 4.74 Å². The van der Waals surface area contributed by atoms with E-state index in [1.807, 2.05) is 0 Å². The third-order valence-corrected chi connectivity index (χ3v) is 2.37. The summed E-state index contributed by atoms with van der Waals surface area (Å²) < 4.78 is 28.0. The van der Waals surface area contributed by atoms with Gasteiger partial charge >= 0.3 is 6.61 Å². The lowest BCUT2D eigenvalue weighted by Gasteiger charge is -2.07. The molecule has 0 unspecified atom stereocenters. The third-order valence-electron chi connectivity index (χ3n) is 1.81. The molecule has 0 aliphatic carbocycles. The van der Waals surface area contributed by atoms with E-state index in [0.29, 0.717) is 5.88 Å². The molecule has 1 nitrogen and oxygen atoms in total. The molecule has 0 aromatic heterocycles. The Hall–Kier alpha value is -0.540. The summed E-state index contributed by atoms with van der Waals surface area (Å²) in [5.41, 5.74) is 0.960. The van der Waals surface area contributed by atoms with E-state index in [1.165, 1.54) is 6.07 Å². The van der Waals surface area contributed by atoms with Crippen LogP contribution in [-0.4, -0.2) is 12.5 Å². The van der Waals surface area contributed by atoms with Crippen LogP contribution in [0.25, 0.3) is 0 Å². The Labute approximate surface area is 96.9 Å². The van der Waals surface area contributed by atoms with Crippen molar-refractivity contribution in [1.29, 1.82) is 0 Å². The number of hydrogen-bond acceptors (Lipinski definition) is 1. The summed E-state index contributed by atoms with van der Waals surface area (Å²) in [5, 5.41) is 0.197. The highest BCUT2D eigenvalue weighted by atomic mass is 35.5. The van der Waals surface area contributed by atoms with Gasteiger partial charge in [0.1, 0.15) is 5.75 Å². The first kappa shape index (κ1) is 12.5. The Balaban J connectivity index is 2.70. The predicted octanol–water partition coefficient (Wildman–Crippen LogP) is 4.11. The highest BCUT2D eigenvalue weighted by molar-refractivity contribution is 6.32. The van der Waals surface area contributed by atoms with Crippen LogP contribution in [0.2, 0.25) is 5.02 Å². The van der Waals surface area contributed by atoms with Crippen molar-refractivity contribution in [1.82, 2.24) is 0 Å². The first-order chi connectivity index (χ1) is 7.13. The van der Waals surface area contributed by atoms with E-state index in [0.717, 1.165) is 18.4 Å². The monoisotopic (exact) mass is 254 g/mol. The average molecular weight is 255 g/mol. The van der Waals surface area contributed by atoms with Gasteiger partial charge in [-0.1, -0.05) is 17.7 Å². The molecule has 1 aromatic carbocycles. The van der Waals surface area contributed by atoms with Gasteiger partial charge in [-0.15, -0.1) is 11.6 Å². The van der Waals surface area contributed by atoms with E-state index < -0.39 is 6.61 Å². The Morgan fingerprint density at radius 3 is 2.60 bits per heavy atom. The van der Waals surface area contributed by atoms with Crippen molar-refractivity contribution in [3.8, 4) is 5.75 Å². The molecule has 0 aliphatic heterocycles. The standard InChI is InChI=1S/C10H10Cl2F2O/c11-5-1-2-7-3-4-9(8(12)6-7)15-10(13)14/h3-4,6,10H,1-2,5H2. The SMILES string of the molecule is FC(F)Oc1ccc(CCCCl)cc1Cl. The number of halogens is 4. The quantitative estimate of drug-likeness (QED) is 0.719. The van der Waals surface area contributed by atoms with Crippen LogP contribution >= 0.6 is 23.2 Å². The van der Waals surface area contributed by atoms with Crippen LogP contribution in [0.15, 0.2) is 18.2 Å². The fourth-order valence-corrected chi connectivity index (χ4v) is 1.54. The topological polar surface area (TPSA) is 9.23 Å². The number of alkyl halides is 3. The lowest BCUT2D eigenvalue weighted by Crippen LogP contribution is -2.02. The number of benzene rings is 1. The van der Waals surface area contributed by atoms with Crippen molar-refractivity contribution >= 4 is 23.2 Å². The molecule has 1 aromatic rings. The maximum atomic E-state index is 11.9. The van der Waals surface area contributed by atoms with Crippen LogP contribution in [0.5, 0.6) is 5.75 Å². The van der Waals surface area contributed by atoms with Gasteiger partial charge in [0.15, 0.2) is 0 Å². The molecule has 0 saturated carbocycles. The number of aryl methyl sites for hydroxylation is 1. The normalized spacial score (nSPS) is 10.7. The lowest BCUT2D eigenvalue weighted by atomic mass is 10.1. The smallest absolute Gasteiger partial charge is 0.387 e. The van der Waals surface area contributed by atoms with Crippen LogP contribution < -0.4 is 4.74 Å². The summed E-state index contributed by atoms with van der Waals surface area (Å²) in [6, 6.07) is 4.76. The van der Waals surface area contributed by atoms with Gasteiger partial charge in [0.05, 0.1) is 5.02 Å². The van der Waals surface area contributed by atoms with Crippen molar-refractivity contribution in [2.45, 2.75) is 19.5 Å². The van der Waals surface area contributed by atoms with E-state index in [1.54, 1.807) is 12.1 Å². The van der Waals surface area contributed by atoms with E-state index >= 15 is 0 Å². The summed E-state index contributed by atoms with van der Waals surface area (Å²) in [5.74, 6) is 0.564. The Bertz CT molecular complexity index is 318. The van der Waals surface area contributed by atoms with Crippen molar-refractivity contribution in [3.05, 3.63) is 28.8 Å². The minimum atomic E-state index is -2.85. The fraction of sp³-hybridized carbons (Fsp3) is 0.400. The molecule has 0 bridgehead atoms. The Kier molecular flexibility index (Phi) is 5.12. The third kappa shape index (κ3) is 4.22. The summed E-state index contributed by atoms with van der Waals surface area (Å²) in [4.78, 5) is 0. The molecule has 1 rings (SSSR count). The van der Waals surface area contributed by atoms with Crippen LogP contribution in [0, 0.1) is 0 Å². The van der Waals surface area contributed by atoms with Crippen LogP contribution in [0.4, 0.5) is 8.78 Å². The van der Waals surface area contributed by atoms with Crippen molar-refractivity contribution in [2.75, 3.05) is 5.88 Å². The Morgan fingerprint density at radius 2 is 2.07 bits per heavy atom. The van der Waals surface area contributed by atoms with E-state index in [4.69, 9.17) is 23.2 Å². The minimum absolute atomic E-state index is 0.00119. The van der Waals surface area contributed by atoms with Gasteiger partial charge in [-0.05, 0) is 30.5 Å². The molecule has 0 radical (unpaired) electrons. The predicted molar refractivity (Wildman–Crippen MR) is 57.1 cm³/mol. The summed E-state index contributed by atoms with van der Waals surface area (Å²) in [7, 11) is 0. The largest absolute Gasteiger partial charge is 0.433 e. The van der Waals surface area contributed by atoms with Crippen LogP contribution in [-0.2, 0) is 6.42 Å². The first-order valence-corrected chi connectivity index (χ1v) is 5.34.